The molecule has 0 saturated carbocycles. The van der Waals surface area contributed by atoms with Crippen LogP contribution in [0.25, 0.3) is 11.1 Å². The van der Waals surface area contributed by atoms with Gasteiger partial charge in [0.25, 0.3) is 0 Å². The van der Waals surface area contributed by atoms with Gasteiger partial charge in [-0.1, -0.05) is 12.1 Å². The summed E-state index contributed by atoms with van der Waals surface area (Å²) in [6.07, 6.45) is -0.192. The third kappa shape index (κ3) is 3.92. The van der Waals surface area contributed by atoms with Gasteiger partial charge in [-0.05, 0) is 49.7 Å². The molecule has 0 saturated heterocycles. The first-order valence-corrected chi connectivity index (χ1v) is 8.40. The van der Waals surface area contributed by atoms with Crippen molar-refractivity contribution >= 4 is 23.0 Å². The highest BCUT2D eigenvalue weighted by atomic mass is 16.5. The summed E-state index contributed by atoms with van der Waals surface area (Å²) in [6.45, 7) is 3.84. The second-order valence-corrected chi connectivity index (χ2v) is 6.28. The highest BCUT2D eigenvalue weighted by Gasteiger charge is 2.14. The largest absolute Gasteiger partial charge is 0.465 e. The van der Waals surface area contributed by atoms with Gasteiger partial charge in [-0.3, -0.25) is 4.57 Å². The molecule has 0 aliphatic rings. The van der Waals surface area contributed by atoms with E-state index < -0.39 is 17.7 Å². The summed E-state index contributed by atoms with van der Waals surface area (Å²) in [7, 11) is 1.29. The lowest BCUT2D eigenvalue weighted by Gasteiger charge is -2.08. The molecule has 0 radical (unpaired) electrons. The van der Waals surface area contributed by atoms with Crippen LogP contribution in [0.3, 0.4) is 0 Å². The summed E-state index contributed by atoms with van der Waals surface area (Å²) in [5.41, 5.74) is 2.44. The van der Waals surface area contributed by atoms with E-state index in [9.17, 15) is 14.4 Å². The van der Waals surface area contributed by atoms with E-state index in [2.05, 4.69) is 4.74 Å². The monoisotopic (exact) mass is 369 g/mol. The average Bonchev–Trinajstić information content (AvgIpc) is 2.95. The number of esters is 2. The van der Waals surface area contributed by atoms with E-state index in [0.29, 0.717) is 22.2 Å². The lowest BCUT2D eigenvalue weighted by atomic mass is 10.1. The highest BCUT2D eigenvalue weighted by molar-refractivity contribution is 5.93. The number of rotatable bonds is 5. The maximum atomic E-state index is 12.2. The first kappa shape index (κ1) is 18.4. The Labute approximate surface area is 155 Å². The molecule has 0 atom stereocenters. The van der Waals surface area contributed by atoms with Gasteiger partial charge in [0.05, 0.1) is 36.4 Å². The number of oxazole rings is 1. The minimum Gasteiger partial charge on any atom is -0.465 e. The van der Waals surface area contributed by atoms with Gasteiger partial charge in [0.1, 0.15) is 0 Å². The molecule has 2 aromatic carbocycles. The fourth-order valence-electron chi connectivity index (χ4n) is 2.67. The third-order valence-electron chi connectivity index (χ3n) is 3.96. The van der Waals surface area contributed by atoms with Crippen molar-refractivity contribution in [2.75, 3.05) is 7.11 Å². The molecule has 0 amide bonds. The van der Waals surface area contributed by atoms with E-state index in [1.54, 1.807) is 50.2 Å². The molecular weight excluding hydrogens is 350 g/mol. The summed E-state index contributed by atoms with van der Waals surface area (Å²) in [4.78, 5) is 35.7. The summed E-state index contributed by atoms with van der Waals surface area (Å²) >= 11 is 0. The molecular formula is C20H19NO6. The molecule has 0 N–H and O–H groups in total. The number of methoxy groups -OCH3 is 1. The van der Waals surface area contributed by atoms with Crippen LogP contribution in [0.15, 0.2) is 51.7 Å². The minimum atomic E-state index is -0.532. The standard InChI is InChI=1S/C20H19NO6/c1-12(2)26-19(23)14-6-4-13(5-7-14)11-21-16-9-8-15(18(22)25-3)10-17(16)27-20(21)24/h4-10,12H,11H2,1-3H3. The van der Waals surface area contributed by atoms with Crippen molar-refractivity contribution in [1.82, 2.24) is 4.57 Å². The Morgan fingerprint density at radius 1 is 1.04 bits per heavy atom. The first-order chi connectivity index (χ1) is 12.9. The molecule has 7 nitrogen and oxygen atoms in total. The maximum Gasteiger partial charge on any atom is 0.420 e. The molecule has 0 aliphatic heterocycles. The first-order valence-electron chi connectivity index (χ1n) is 8.40. The number of hydrogen-bond acceptors (Lipinski definition) is 6. The molecule has 0 bridgehead atoms. The normalized spacial score (nSPS) is 11.0. The molecule has 0 unspecified atom stereocenters. The summed E-state index contributed by atoms with van der Waals surface area (Å²) < 4.78 is 16.5. The van der Waals surface area contributed by atoms with Crippen LogP contribution in [0.2, 0.25) is 0 Å². The van der Waals surface area contributed by atoms with Crippen molar-refractivity contribution in [3.8, 4) is 0 Å². The number of fused-ring (bicyclic) bond motifs is 1. The SMILES string of the molecule is COC(=O)c1ccc2c(c1)oc(=O)n2Cc1ccc(C(=O)OC(C)C)cc1. The number of carbonyl (C=O) groups is 2. The fraction of sp³-hybridized carbons (Fsp3) is 0.250. The molecule has 3 aromatic rings. The summed E-state index contributed by atoms with van der Waals surface area (Å²) in [6, 6.07) is 11.5. The van der Waals surface area contributed by atoms with Gasteiger partial charge in [-0.15, -0.1) is 0 Å². The summed E-state index contributed by atoms with van der Waals surface area (Å²) in [5, 5.41) is 0. The van der Waals surface area contributed by atoms with Crippen LogP contribution in [-0.2, 0) is 16.0 Å². The van der Waals surface area contributed by atoms with Crippen molar-refractivity contribution in [3.05, 3.63) is 69.7 Å². The van der Waals surface area contributed by atoms with Crippen LogP contribution >= 0.6 is 0 Å². The Hall–Kier alpha value is -3.35. The van der Waals surface area contributed by atoms with E-state index in [1.807, 2.05) is 0 Å². The third-order valence-corrected chi connectivity index (χ3v) is 3.96. The molecule has 140 valence electrons. The Kier molecular flexibility index (Phi) is 5.12. The van der Waals surface area contributed by atoms with Crippen molar-refractivity contribution < 1.29 is 23.5 Å². The second-order valence-electron chi connectivity index (χ2n) is 6.28. The predicted octanol–water partition coefficient (Wildman–Crippen LogP) is 2.99. The maximum absolute atomic E-state index is 12.2. The van der Waals surface area contributed by atoms with Crippen LogP contribution in [0.4, 0.5) is 0 Å². The number of hydrogen-bond donors (Lipinski definition) is 0. The Morgan fingerprint density at radius 2 is 1.70 bits per heavy atom. The van der Waals surface area contributed by atoms with Crippen LogP contribution in [0.5, 0.6) is 0 Å². The lowest BCUT2D eigenvalue weighted by molar-refractivity contribution is 0.0377. The van der Waals surface area contributed by atoms with Crippen molar-refractivity contribution in [1.29, 1.82) is 0 Å². The van der Waals surface area contributed by atoms with E-state index >= 15 is 0 Å². The molecule has 7 heteroatoms. The quantitative estimate of drug-likeness (QED) is 0.643. The molecule has 0 spiro atoms. The van der Waals surface area contributed by atoms with E-state index in [0.717, 1.165) is 5.56 Å². The van der Waals surface area contributed by atoms with Crippen LogP contribution in [0.1, 0.15) is 40.1 Å². The summed E-state index contributed by atoms with van der Waals surface area (Å²) in [5.74, 6) is -1.43. The zero-order valence-electron chi connectivity index (χ0n) is 15.2. The van der Waals surface area contributed by atoms with Crippen LogP contribution in [0, 0.1) is 0 Å². The van der Waals surface area contributed by atoms with Gasteiger partial charge in [0, 0.05) is 0 Å². The van der Waals surface area contributed by atoms with Gasteiger partial charge < -0.3 is 13.9 Å². The van der Waals surface area contributed by atoms with Crippen LogP contribution in [-0.4, -0.2) is 29.7 Å². The average molecular weight is 369 g/mol. The number of aromatic nitrogens is 1. The van der Waals surface area contributed by atoms with E-state index in [4.69, 9.17) is 9.15 Å². The molecule has 3 rings (SSSR count). The molecule has 1 aromatic heterocycles. The zero-order chi connectivity index (χ0) is 19.6. The van der Waals surface area contributed by atoms with Gasteiger partial charge in [-0.25, -0.2) is 14.4 Å². The topological polar surface area (TPSA) is 87.7 Å². The zero-order valence-corrected chi connectivity index (χ0v) is 15.2. The molecule has 1 heterocycles. The molecule has 0 aliphatic carbocycles. The molecule has 27 heavy (non-hydrogen) atoms. The van der Waals surface area contributed by atoms with E-state index in [1.165, 1.54) is 17.7 Å². The Balaban J connectivity index is 1.86. The van der Waals surface area contributed by atoms with Gasteiger partial charge >= 0.3 is 17.7 Å². The smallest absolute Gasteiger partial charge is 0.420 e. The lowest BCUT2D eigenvalue weighted by Crippen LogP contribution is -2.15. The van der Waals surface area contributed by atoms with Crippen molar-refractivity contribution in [2.45, 2.75) is 26.5 Å². The van der Waals surface area contributed by atoms with Crippen molar-refractivity contribution in [2.24, 2.45) is 0 Å². The minimum absolute atomic E-state index is 0.192. The van der Waals surface area contributed by atoms with E-state index in [-0.39, 0.29) is 12.6 Å². The van der Waals surface area contributed by atoms with Gasteiger partial charge in [0.2, 0.25) is 0 Å². The number of nitrogens with zero attached hydrogens (tertiary/aromatic N) is 1. The Bertz CT molecular complexity index is 1040. The molecule has 0 fully saturated rings. The second kappa shape index (κ2) is 7.49. The van der Waals surface area contributed by atoms with Crippen LogP contribution < -0.4 is 5.76 Å². The van der Waals surface area contributed by atoms with Gasteiger partial charge in [-0.2, -0.15) is 0 Å². The number of benzene rings is 2. The number of carbonyl (C=O) groups excluding carboxylic acids is 2. The Morgan fingerprint density at radius 3 is 2.33 bits per heavy atom. The predicted molar refractivity (Wildman–Crippen MR) is 97.9 cm³/mol. The number of ether oxygens (including phenoxy) is 2. The van der Waals surface area contributed by atoms with Gasteiger partial charge in [0.15, 0.2) is 5.58 Å². The fourth-order valence-corrected chi connectivity index (χ4v) is 2.67. The highest BCUT2D eigenvalue weighted by Crippen LogP contribution is 2.17. The van der Waals surface area contributed by atoms with Crippen molar-refractivity contribution in [3.63, 3.8) is 0 Å².